The minimum absolute atomic E-state index is 0.336. The quantitative estimate of drug-likeness (QED) is 0.713. The van der Waals surface area contributed by atoms with Crippen LogP contribution >= 0.6 is 0 Å². The van der Waals surface area contributed by atoms with Crippen LogP contribution in [0.2, 0.25) is 0 Å². The third-order valence-electron chi connectivity index (χ3n) is 3.01. The van der Waals surface area contributed by atoms with Crippen LogP contribution < -0.4 is 5.73 Å². The van der Waals surface area contributed by atoms with E-state index in [-0.39, 0.29) is 0 Å². The van der Waals surface area contributed by atoms with Gasteiger partial charge in [-0.25, -0.2) is 4.98 Å². The first-order chi connectivity index (χ1) is 8.68. The molecule has 0 spiro atoms. The van der Waals surface area contributed by atoms with E-state index in [1.807, 2.05) is 30.3 Å². The molecule has 90 valence electrons. The van der Waals surface area contributed by atoms with Crippen LogP contribution in [0.25, 0.3) is 16.3 Å². The average molecular weight is 241 g/mol. The zero-order valence-electron chi connectivity index (χ0n) is 9.45. The summed E-state index contributed by atoms with van der Waals surface area (Å²) in [5, 5.41) is 11.1. The van der Waals surface area contributed by atoms with E-state index in [1.54, 1.807) is 16.8 Å². The van der Waals surface area contributed by atoms with Gasteiger partial charge in [0.05, 0.1) is 11.7 Å². The number of benzene rings is 1. The molecule has 3 rings (SSSR count). The van der Waals surface area contributed by atoms with Gasteiger partial charge in [-0.2, -0.15) is 0 Å². The number of nitrogens with zero attached hydrogens (tertiary/aromatic N) is 2. The highest BCUT2D eigenvalue weighted by atomic mass is 16.4. The first-order valence-corrected chi connectivity index (χ1v) is 5.51. The van der Waals surface area contributed by atoms with Gasteiger partial charge in [-0.1, -0.05) is 24.3 Å². The molecule has 3 N–H and O–H groups in total. The van der Waals surface area contributed by atoms with Gasteiger partial charge in [-0.15, -0.1) is 0 Å². The van der Waals surface area contributed by atoms with E-state index >= 15 is 0 Å². The standard InChI is InChI=1S/C13H11N3O2/c14-11(13(17)18)12-15-7-10-9-4-2-1-3-8(9)5-6-16(10)12/h1-7,11H,14H2,(H,17,18). The zero-order valence-corrected chi connectivity index (χ0v) is 9.45. The Balaban J connectivity index is 2.33. The summed E-state index contributed by atoms with van der Waals surface area (Å²) in [5.74, 6) is -0.751. The van der Waals surface area contributed by atoms with Crippen LogP contribution in [0.1, 0.15) is 11.9 Å². The van der Waals surface area contributed by atoms with Gasteiger partial charge in [0.15, 0.2) is 6.04 Å². The second-order valence-electron chi connectivity index (χ2n) is 4.09. The van der Waals surface area contributed by atoms with Gasteiger partial charge >= 0.3 is 5.97 Å². The molecule has 0 bridgehead atoms. The maximum atomic E-state index is 10.9. The first kappa shape index (κ1) is 10.7. The van der Waals surface area contributed by atoms with E-state index in [4.69, 9.17) is 10.8 Å². The van der Waals surface area contributed by atoms with E-state index in [2.05, 4.69) is 4.98 Å². The number of aromatic nitrogens is 2. The van der Waals surface area contributed by atoms with Crippen molar-refractivity contribution in [1.29, 1.82) is 0 Å². The topological polar surface area (TPSA) is 80.6 Å². The molecule has 0 aliphatic heterocycles. The van der Waals surface area contributed by atoms with Crippen LogP contribution in [0.3, 0.4) is 0 Å². The predicted molar refractivity (Wildman–Crippen MR) is 67.3 cm³/mol. The van der Waals surface area contributed by atoms with Gasteiger partial charge in [0, 0.05) is 11.6 Å². The number of rotatable bonds is 2. The van der Waals surface area contributed by atoms with Crippen LogP contribution in [-0.2, 0) is 4.79 Å². The summed E-state index contributed by atoms with van der Waals surface area (Å²) in [6.45, 7) is 0. The number of carboxylic acids is 1. The van der Waals surface area contributed by atoms with Gasteiger partial charge < -0.3 is 15.2 Å². The van der Waals surface area contributed by atoms with Gasteiger partial charge in [0.25, 0.3) is 0 Å². The van der Waals surface area contributed by atoms with Crippen molar-refractivity contribution >= 4 is 22.3 Å². The normalized spacial score (nSPS) is 12.9. The Morgan fingerprint density at radius 2 is 2.11 bits per heavy atom. The lowest BCUT2D eigenvalue weighted by Gasteiger charge is -2.06. The van der Waals surface area contributed by atoms with Crippen molar-refractivity contribution in [2.45, 2.75) is 6.04 Å². The van der Waals surface area contributed by atoms with Gasteiger partial charge in [0.1, 0.15) is 5.82 Å². The number of fused-ring (bicyclic) bond motifs is 3. The number of hydrogen-bond acceptors (Lipinski definition) is 3. The Morgan fingerprint density at radius 1 is 1.33 bits per heavy atom. The van der Waals surface area contributed by atoms with Crippen molar-refractivity contribution in [2.24, 2.45) is 5.73 Å². The predicted octanol–water partition coefficient (Wildman–Crippen LogP) is 1.57. The summed E-state index contributed by atoms with van der Waals surface area (Å²) in [7, 11) is 0. The van der Waals surface area contributed by atoms with E-state index in [0.717, 1.165) is 16.3 Å². The fraction of sp³-hybridized carbons (Fsp3) is 0.0769. The highest BCUT2D eigenvalue weighted by Gasteiger charge is 2.19. The highest BCUT2D eigenvalue weighted by Crippen LogP contribution is 2.22. The molecule has 0 saturated carbocycles. The Morgan fingerprint density at radius 3 is 2.89 bits per heavy atom. The summed E-state index contributed by atoms with van der Waals surface area (Å²) >= 11 is 0. The molecule has 2 heterocycles. The van der Waals surface area contributed by atoms with Crippen molar-refractivity contribution in [2.75, 3.05) is 0 Å². The lowest BCUT2D eigenvalue weighted by molar-refractivity contribution is -0.138. The lowest BCUT2D eigenvalue weighted by atomic mass is 10.1. The van der Waals surface area contributed by atoms with Gasteiger partial charge in [0.2, 0.25) is 0 Å². The maximum absolute atomic E-state index is 10.9. The van der Waals surface area contributed by atoms with Gasteiger partial charge in [-0.3, -0.25) is 4.79 Å². The van der Waals surface area contributed by atoms with Crippen molar-refractivity contribution in [3.63, 3.8) is 0 Å². The summed E-state index contributed by atoms with van der Waals surface area (Å²) in [5.41, 5.74) is 6.47. The molecule has 0 aliphatic rings. The maximum Gasteiger partial charge on any atom is 0.328 e. The van der Waals surface area contributed by atoms with E-state index in [1.165, 1.54) is 0 Å². The second kappa shape index (κ2) is 3.82. The number of nitrogens with two attached hydrogens (primary N) is 1. The molecule has 0 radical (unpaired) electrons. The molecule has 18 heavy (non-hydrogen) atoms. The number of imidazole rings is 1. The highest BCUT2D eigenvalue weighted by molar-refractivity contribution is 5.95. The third-order valence-corrected chi connectivity index (χ3v) is 3.01. The smallest absolute Gasteiger partial charge is 0.328 e. The average Bonchev–Trinajstić information content (AvgIpc) is 2.81. The Labute approximate surface area is 102 Å². The lowest BCUT2D eigenvalue weighted by Crippen LogP contribution is -2.23. The van der Waals surface area contributed by atoms with Crippen LogP contribution in [0.5, 0.6) is 0 Å². The number of carbonyl (C=O) groups is 1. The summed E-state index contributed by atoms with van der Waals surface area (Å²) in [6, 6.07) is 8.67. The Kier molecular flexibility index (Phi) is 2.28. The molecule has 5 nitrogen and oxygen atoms in total. The largest absolute Gasteiger partial charge is 0.480 e. The number of aliphatic carboxylic acids is 1. The summed E-state index contributed by atoms with van der Waals surface area (Å²) in [4.78, 5) is 15.1. The molecule has 0 fully saturated rings. The minimum atomic E-state index is -1.12. The zero-order chi connectivity index (χ0) is 12.7. The van der Waals surface area contributed by atoms with E-state index in [9.17, 15) is 4.79 Å². The summed E-state index contributed by atoms with van der Waals surface area (Å²) < 4.78 is 1.72. The molecule has 0 aliphatic carbocycles. The first-order valence-electron chi connectivity index (χ1n) is 5.51. The van der Waals surface area contributed by atoms with Crippen LogP contribution in [0, 0.1) is 0 Å². The molecule has 1 atom stereocenters. The molecular formula is C13H11N3O2. The van der Waals surface area contributed by atoms with Gasteiger partial charge in [-0.05, 0) is 11.5 Å². The number of pyridine rings is 1. The minimum Gasteiger partial charge on any atom is -0.480 e. The van der Waals surface area contributed by atoms with E-state index < -0.39 is 12.0 Å². The fourth-order valence-corrected chi connectivity index (χ4v) is 2.10. The number of carboxylic acid groups (broad SMARTS) is 1. The molecule has 3 aromatic rings. The molecule has 2 aromatic heterocycles. The van der Waals surface area contributed by atoms with Crippen LogP contribution in [0.15, 0.2) is 42.7 Å². The third kappa shape index (κ3) is 1.45. The second-order valence-corrected chi connectivity index (χ2v) is 4.09. The SMILES string of the molecule is NC(C(=O)O)c1ncc2c3ccccc3ccn12. The van der Waals surface area contributed by atoms with Crippen molar-refractivity contribution in [1.82, 2.24) is 9.38 Å². The van der Waals surface area contributed by atoms with Crippen LogP contribution in [0.4, 0.5) is 0 Å². The molecule has 0 amide bonds. The molecule has 0 saturated heterocycles. The van der Waals surface area contributed by atoms with Crippen molar-refractivity contribution in [3.05, 3.63) is 48.5 Å². The Hall–Kier alpha value is -2.40. The number of hydrogen-bond donors (Lipinski definition) is 2. The summed E-state index contributed by atoms with van der Waals surface area (Å²) in [6.07, 6.45) is 3.45. The van der Waals surface area contributed by atoms with Crippen molar-refractivity contribution < 1.29 is 9.90 Å². The molecular weight excluding hydrogens is 230 g/mol. The Bertz CT molecular complexity index is 748. The molecule has 1 aromatic carbocycles. The van der Waals surface area contributed by atoms with Crippen molar-refractivity contribution in [3.8, 4) is 0 Å². The monoisotopic (exact) mass is 241 g/mol. The van der Waals surface area contributed by atoms with E-state index in [0.29, 0.717) is 5.82 Å². The fourth-order valence-electron chi connectivity index (χ4n) is 2.10. The van der Waals surface area contributed by atoms with Crippen LogP contribution in [-0.4, -0.2) is 20.5 Å². The molecule has 1 unspecified atom stereocenters. The molecule has 5 heteroatoms.